The highest BCUT2D eigenvalue weighted by Gasteiger charge is 2.42. The van der Waals surface area contributed by atoms with E-state index in [4.69, 9.17) is 16.2 Å². The minimum Gasteiger partial charge on any atom is -0.378 e. The number of aliphatic imine (C=N–C) groups is 1. The molecule has 0 aromatic heterocycles. The summed E-state index contributed by atoms with van der Waals surface area (Å²) in [4.78, 5) is 3.77. The summed E-state index contributed by atoms with van der Waals surface area (Å²) in [6.07, 6.45) is -2.20. The standard InChI is InChI=1S/C11H20F3N3O/c12-11(13,14)8-3-1-4-9(7-8)18-6-2-5-17-10(15)16/h8-9H,1-7H2,(H4,15,16,17)/t8-,9+/m1/s1. The van der Waals surface area contributed by atoms with Crippen molar-refractivity contribution in [1.29, 1.82) is 0 Å². The van der Waals surface area contributed by atoms with Crippen LogP contribution < -0.4 is 11.5 Å². The summed E-state index contributed by atoms with van der Waals surface area (Å²) in [6, 6.07) is 0. The van der Waals surface area contributed by atoms with Gasteiger partial charge in [-0.1, -0.05) is 6.42 Å². The molecular weight excluding hydrogens is 247 g/mol. The largest absolute Gasteiger partial charge is 0.391 e. The summed E-state index contributed by atoms with van der Waals surface area (Å²) in [7, 11) is 0. The second-order valence-electron chi connectivity index (χ2n) is 4.56. The number of hydrogen-bond donors (Lipinski definition) is 2. The summed E-state index contributed by atoms with van der Waals surface area (Å²) in [5.41, 5.74) is 10.3. The van der Waals surface area contributed by atoms with Crippen molar-refractivity contribution in [2.24, 2.45) is 22.4 Å². The van der Waals surface area contributed by atoms with Crippen LogP contribution in [0, 0.1) is 5.92 Å². The third-order valence-electron chi connectivity index (χ3n) is 3.04. The Kier molecular flexibility index (Phi) is 5.71. The van der Waals surface area contributed by atoms with Gasteiger partial charge in [-0.15, -0.1) is 0 Å². The molecule has 0 aliphatic heterocycles. The van der Waals surface area contributed by atoms with Crippen LogP contribution >= 0.6 is 0 Å². The van der Waals surface area contributed by atoms with Gasteiger partial charge >= 0.3 is 6.18 Å². The molecule has 4 N–H and O–H groups in total. The Morgan fingerprint density at radius 2 is 2.00 bits per heavy atom. The van der Waals surface area contributed by atoms with E-state index in [9.17, 15) is 13.2 Å². The lowest BCUT2D eigenvalue weighted by Crippen LogP contribution is -2.32. The van der Waals surface area contributed by atoms with Crippen LogP contribution in [0.3, 0.4) is 0 Å². The highest BCUT2D eigenvalue weighted by molar-refractivity contribution is 5.75. The van der Waals surface area contributed by atoms with Gasteiger partial charge in [0, 0.05) is 13.2 Å². The summed E-state index contributed by atoms with van der Waals surface area (Å²) in [6.45, 7) is 0.837. The zero-order valence-electron chi connectivity index (χ0n) is 10.2. The molecule has 1 saturated carbocycles. The van der Waals surface area contributed by atoms with Crippen LogP contribution in [0.2, 0.25) is 0 Å². The van der Waals surface area contributed by atoms with Gasteiger partial charge in [0.25, 0.3) is 0 Å². The number of halogens is 3. The van der Waals surface area contributed by atoms with E-state index in [0.29, 0.717) is 32.4 Å². The second-order valence-corrected chi connectivity index (χ2v) is 4.56. The van der Waals surface area contributed by atoms with Crippen molar-refractivity contribution in [1.82, 2.24) is 0 Å². The maximum atomic E-state index is 12.5. The van der Waals surface area contributed by atoms with Gasteiger partial charge in [0.1, 0.15) is 0 Å². The molecule has 0 spiro atoms. The first-order valence-electron chi connectivity index (χ1n) is 6.13. The number of ether oxygens (including phenoxy) is 1. The number of rotatable bonds is 5. The Morgan fingerprint density at radius 3 is 2.61 bits per heavy atom. The number of guanidine groups is 1. The molecule has 0 saturated heterocycles. The van der Waals surface area contributed by atoms with Crippen LogP contribution in [0.5, 0.6) is 0 Å². The smallest absolute Gasteiger partial charge is 0.378 e. The van der Waals surface area contributed by atoms with Crippen LogP contribution in [-0.4, -0.2) is 31.4 Å². The molecule has 4 nitrogen and oxygen atoms in total. The molecule has 0 aromatic carbocycles. The van der Waals surface area contributed by atoms with Crippen LogP contribution in [0.15, 0.2) is 4.99 Å². The van der Waals surface area contributed by atoms with Gasteiger partial charge in [0.2, 0.25) is 0 Å². The molecule has 1 rings (SSSR count). The fourth-order valence-electron chi connectivity index (χ4n) is 2.12. The monoisotopic (exact) mass is 267 g/mol. The molecular formula is C11H20F3N3O. The van der Waals surface area contributed by atoms with Gasteiger partial charge in [-0.25, -0.2) is 0 Å². The highest BCUT2D eigenvalue weighted by atomic mass is 19.4. The fraction of sp³-hybridized carbons (Fsp3) is 0.909. The van der Waals surface area contributed by atoms with E-state index >= 15 is 0 Å². The Bertz CT molecular complexity index is 277. The van der Waals surface area contributed by atoms with E-state index in [2.05, 4.69) is 4.99 Å². The van der Waals surface area contributed by atoms with Crippen molar-refractivity contribution in [3.05, 3.63) is 0 Å². The first kappa shape index (κ1) is 15.1. The number of nitrogens with two attached hydrogens (primary N) is 2. The van der Waals surface area contributed by atoms with Crippen molar-refractivity contribution in [2.75, 3.05) is 13.2 Å². The van der Waals surface area contributed by atoms with E-state index in [1.807, 2.05) is 0 Å². The van der Waals surface area contributed by atoms with E-state index < -0.39 is 12.1 Å². The van der Waals surface area contributed by atoms with E-state index in [1.165, 1.54) is 0 Å². The van der Waals surface area contributed by atoms with Gasteiger partial charge in [0.05, 0.1) is 12.0 Å². The average molecular weight is 267 g/mol. The van der Waals surface area contributed by atoms with Gasteiger partial charge in [-0.3, -0.25) is 4.99 Å². The van der Waals surface area contributed by atoms with Gasteiger partial charge in [-0.05, 0) is 25.7 Å². The predicted octanol–water partition coefficient (Wildman–Crippen LogP) is 1.79. The molecule has 0 heterocycles. The lowest BCUT2D eigenvalue weighted by atomic mass is 9.87. The molecule has 1 aliphatic carbocycles. The van der Waals surface area contributed by atoms with E-state index in [-0.39, 0.29) is 24.9 Å². The number of hydrogen-bond acceptors (Lipinski definition) is 2. The van der Waals surface area contributed by atoms with Crippen LogP contribution in [-0.2, 0) is 4.74 Å². The average Bonchev–Trinajstić information content (AvgIpc) is 2.27. The van der Waals surface area contributed by atoms with E-state index in [1.54, 1.807) is 0 Å². The quantitative estimate of drug-likeness (QED) is 0.453. The van der Waals surface area contributed by atoms with Crippen molar-refractivity contribution >= 4 is 5.96 Å². The summed E-state index contributed by atoms with van der Waals surface area (Å²) in [5, 5.41) is 0. The molecule has 1 fully saturated rings. The van der Waals surface area contributed by atoms with Gasteiger partial charge in [0.15, 0.2) is 5.96 Å². The fourth-order valence-corrected chi connectivity index (χ4v) is 2.12. The predicted molar refractivity (Wildman–Crippen MR) is 63.0 cm³/mol. The highest BCUT2D eigenvalue weighted by Crippen LogP contribution is 2.38. The van der Waals surface area contributed by atoms with Gasteiger partial charge < -0.3 is 16.2 Å². The number of nitrogens with zero attached hydrogens (tertiary/aromatic N) is 1. The van der Waals surface area contributed by atoms with Crippen molar-refractivity contribution in [3.63, 3.8) is 0 Å². The summed E-state index contributed by atoms with van der Waals surface area (Å²) >= 11 is 0. The molecule has 18 heavy (non-hydrogen) atoms. The summed E-state index contributed by atoms with van der Waals surface area (Å²) in [5.74, 6) is -1.20. The molecule has 0 unspecified atom stereocenters. The molecule has 1 aliphatic rings. The van der Waals surface area contributed by atoms with Crippen LogP contribution in [0.1, 0.15) is 32.1 Å². The first-order chi connectivity index (χ1) is 8.39. The molecule has 0 bridgehead atoms. The third kappa shape index (κ3) is 5.57. The lowest BCUT2D eigenvalue weighted by Gasteiger charge is -2.30. The topological polar surface area (TPSA) is 73.6 Å². The number of alkyl halides is 3. The maximum Gasteiger partial charge on any atom is 0.391 e. The van der Waals surface area contributed by atoms with Crippen LogP contribution in [0.25, 0.3) is 0 Å². The normalized spacial score (nSPS) is 24.8. The SMILES string of the molecule is NC(N)=NCCCO[C@H]1CCC[C@@H](C(F)(F)F)C1. The lowest BCUT2D eigenvalue weighted by molar-refractivity contribution is -0.192. The first-order valence-corrected chi connectivity index (χ1v) is 6.13. The van der Waals surface area contributed by atoms with Crippen molar-refractivity contribution in [3.8, 4) is 0 Å². The van der Waals surface area contributed by atoms with E-state index in [0.717, 1.165) is 0 Å². The zero-order chi connectivity index (χ0) is 13.6. The minimum atomic E-state index is -4.10. The molecule has 106 valence electrons. The van der Waals surface area contributed by atoms with Crippen molar-refractivity contribution in [2.45, 2.75) is 44.4 Å². The molecule has 0 aromatic rings. The molecule has 7 heteroatoms. The molecule has 0 amide bonds. The second kappa shape index (κ2) is 6.82. The maximum absolute atomic E-state index is 12.5. The zero-order valence-corrected chi connectivity index (χ0v) is 10.2. The Hall–Kier alpha value is -0.980. The third-order valence-corrected chi connectivity index (χ3v) is 3.04. The van der Waals surface area contributed by atoms with Gasteiger partial charge in [-0.2, -0.15) is 13.2 Å². The Balaban J connectivity index is 2.20. The van der Waals surface area contributed by atoms with Crippen LogP contribution in [0.4, 0.5) is 13.2 Å². The molecule has 2 atom stereocenters. The minimum absolute atomic E-state index is 0.0183. The Morgan fingerprint density at radius 1 is 1.28 bits per heavy atom. The summed E-state index contributed by atoms with van der Waals surface area (Å²) < 4.78 is 43.1. The van der Waals surface area contributed by atoms with Crippen molar-refractivity contribution < 1.29 is 17.9 Å². The molecule has 0 radical (unpaired) electrons. The Labute approximate surface area is 105 Å².